The van der Waals surface area contributed by atoms with Gasteiger partial charge in [-0.25, -0.2) is 4.79 Å². The summed E-state index contributed by atoms with van der Waals surface area (Å²) in [4.78, 5) is 26.5. The first-order chi connectivity index (χ1) is 17.0. The van der Waals surface area contributed by atoms with E-state index >= 15 is 0 Å². The van der Waals surface area contributed by atoms with Crippen LogP contribution >= 0.6 is 15.9 Å². The Morgan fingerprint density at radius 3 is 2.31 bits per heavy atom. The van der Waals surface area contributed by atoms with Crippen molar-refractivity contribution in [3.05, 3.63) is 45.0 Å². The van der Waals surface area contributed by atoms with Gasteiger partial charge in [0.15, 0.2) is 6.23 Å². The lowest BCUT2D eigenvalue weighted by atomic mass is 10.1. The maximum absolute atomic E-state index is 12.7. The van der Waals surface area contributed by atoms with E-state index in [4.69, 9.17) is 27.8 Å². The average Bonchev–Trinajstić information content (AvgIpc) is 3.14. The van der Waals surface area contributed by atoms with Crippen LogP contribution in [0, 0.1) is 0 Å². The molecule has 0 aromatic carbocycles. The molecule has 0 spiro atoms. The number of nitrogens with one attached hydrogen (secondary N) is 1. The Labute approximate surface area is 213 Å². The first-order valence-electron chi connectivity index (χ1n) is 11.6. The molecule has 12 nitrogen and oxygen atoms in total. The summed E-state index contributed by atoms with van der Waals surface area (Å²) in [5, 5.41) is 0. The Morgan fingerprint density at radius 2 is 1.78 bits per heavy atom. The Morgan fingerprint density at radius 1 is 1.14 bits per heavy atom. The largest absolute Gasteiger partial charge is 0.382 e. The number of methoxy groups -OCH3 is 1. The molecule has 36 heavy (non-hydrogen) atoms. The van der Waals surface area contributed by atoms with Crippen molar-refractivity contribution in [3.8, 4) is 0 Å². The first kappa shape index (κ1) is 31.0. The highest BCUT2D eigenvalue weighted by Gasteiger charge is 2.48. The van der Waals surface area contributed by atoms with Crippen molar-refractivity contribution in [1.82, 2.24) is 14.2 Å². The molecule has 0 bridgehead atoms. The second-order valence-corrected chi connectivity index (χ2v) is 12.4. The number of nitrogens with zero attached hydrogens (tertiary/aromatic N) is 2. The molecule has 1 aromatic heterocycles. The third-order valence-electron chi connectivity index (χ3n) is 5.57. The van der Waals surface area contributed by atoms with Gasteiger partial charge in [0.2, 0.25) is 0 Å². The van der Waals surface area contributed by atoms with Gasteiger partial charge in [-0.2, -0.15) is 0 Å². The van der Waals surface area contributed by atoms with Gasteiger partial charge in [0.1, 0.15) is 26.6 Å². The second-order valence-electron chi connectivity index (χ2n) is 8.69. The predicted molar refractivity (Wildman–Crippen MR) is 137 cm³/mol. The second kappa shape index (κ2) is 14.1. The number of rotatable bonds is 14. The van der Waals surface area contributed by atoms with Gasteiger partial charge < -0.3 is 27.8 Å². The lowest BCUT2D eigenvalue weighted by molar-refractivity contribution is -0.0755. The summed E-state index contributed by atoms with van der Waals surface area (Å²) < 4.78 is 50.3. The molecular formula is C22H39N3O9P2. The minimum absolute atomic E-state index is 0.212. The van der Waals surface area contributed by atoms with E-state index in [1.807, 2.05) is 6.66 Å². The van der Waals surface area contributed by atoms with Crippen LogP contribution in [0.1, 0.15) is 33.9 Å². The quantitative estimate of drug-likeness (QED) is 0.272. The van der Waals surface area contributed by atoms with Gasteiger partial charge in [0.05, 0.1) is 13.2 Å². The van der Waals surface area contributed by atoms with E-state index in [1.165, 1.54) is 36.9 Å². The SMILES string of the molecule is COCCO[C@@H]1[C@H](OP(C)N(C(C)C)C(C)C)[C@@H](/C=C/P(=O)(OC)OC)O[C@H]1n1ccc(=O)[nH]c1=O. The minimum atomic E-state index is -3.50. The summed E-state index contributed by atoms with van der Waals surface area (Å²) in [5.41, 5.74) is -1.18. The van der Waals surface area contributed by atoms with Crippen LogP contribution in [0.4, 0.5) is 0 Å². The van der Waals surface area contributed by atoms with Gasteiger partial charge in [-0.1, -0.05) is 0 Å². The number of hydrogen-bond donors (Lipinski definition) is 1. The molecule has 0 radical (unpaired) electrons. The molecule has 1 aliphatic heterocycles. The van der Waals surface area contributed by atoms with E-state index in [1.54, 1.807) is 13.2 Å². The fraction of sp³-hybridized carbons (Fsp3) is 0.727. The topological polar surface area (TPSA) is 131 Å². The Hall–Kier alpha value is -1.20. The number of hydrogen-bond acceptors (Lipinski definition) is 10. The van der Waals surface area contributed by atoms with Gasteiger partial charge >= 0.3 is 13.3 Å². The summed E-state index contributed by atoms with van der Waals surface area (Å²) in [6, 6.07) is 1.65. The highest BCUT2D eigenvalue weighted by molar-refractivity contribution is 7.57. The molecule has 2 heterocycles. The van der Waals surface area contributed by atoms with E-state index in [0.717, 1.165) is 0 Å². The van der Waals surface area contributed by atoms with Crippen molar-refractivity contribution in [2.24, 2.45) is 0 Å². The monoisotopic (exact) mass is 551 g/mol. The summed E-state index contributed by atoms with van der Waals surface area (Å²) in [7, 11) is -0.495. The molecule has 0 saturated carbocycles. The standard InChI is InChI=1S/C22H39N3O9P2/c1-15(2)25(16(3)4)35(8)34-19-17(10-14-36(28,30-6)31-7)33-21(20(19)32-13-12-29-5)24-11-9-18(26)23-22(24)27/h9-11,14-17,19-21H,12-13H2,1-8H3,(H,23,26,27)/b14-10+/t17-,19-,20-,21-,35?/m1/s1. The van der Waals surface area contributed by atoms with Crippen LogP contribution in [0.15, 0.2) is 33.7 Å². The summed E-state index contributed by atoms with van der Waals surface area (Å²) >= 11 is 0. The van der Waals surface area contributed by atoms with E-state index in [2.05, 4.69) is 37.3 Å². The number of H-pyrrole nitrogens is 1. The van der Waals surface area contributed by atoms with Crippen LogP contribution in [-0.4, -0.2) is 85.8 Å². The van der Waals surface area contributed by atoms with Gasteiger partial charge in [-0.3, -0.25) is 23.6 Å². The molecule has 1 aliphatic rings. The maximum atomic E-state index is 12.7. The molecule has 0 aliphatic carbocycles. The predicted octanol–water partition coefficient (Wildman–Crippen LogP) is 2.91. The van der Waals surface area contributed by atoms with Crippen molar-refractivity contribution in [1.29, 1.82) is 0 Å². The molecule has 206 valence electrons. The first-order valence-corrected chi connectivity index (χ1v) is 14.9. The Balaban J connectivity index is 2.53. The van der Waals surface area contributed by atoms with Crippen molar-refractivity contribution in [3.63, 3.8) is 0 Å². The molecule has 1 N–H and O–H groups in total. The van der Waals surface area contributed by atoms with Crippen LogP contribution in [-0.2, 0) is 32.3 Å². The molecule has 5 atom stereocenters. The van der Waals surface area contributed by atoms with Gasteiger partial charge in [0.25, 0.3) is 5.56 Å². The lowest BCUT2D eigenvalue weighted by Crippen LogP contribution is -2.41. The van der Waals surface area contributed by atoms with E-state index in [9.17, 15) is 14.2 Å². The molecule has 1 fully saturated rings. The number of ether oxygens (including phenoxy) is 3. The van der Waals surface area contributed by atoms with Crippen LogP contribution in [0.5, 0.6) is 0 Å². The van der Waals surface area contributed by atoms with Crippen LogP contribution in [0.3, 0.4) is 0 Å². The van der Waals surface area contributed by atoms with Crippen LogP contribution in [0.25, 0.3) is 0 Å². The molecule has 14 heteroatoms. The minimum Gasteiger partial charge on any atom is -0.382 e. The Bertz CT molecular complexity index is 997. The Kier molecular flexibility index (Phi) is 12.1. The van der Waals surface area contributed by atoms with Crippen molar-refractivity contribution in [2.45, 2.75) is 64.3 Å². The van der Waals surface area contributed by atoms with Crippen LogP contribution in [0.2, 0.25) is 0 Å². The van der Waals surface area contributed by atoms with Gasteiger partial charge in [0, 0.05) is 51.5 Å². The molecule has 1 saturated heterocycles. The molecule has 2 rings (SSSR count). The molecular weight excluding hydrogens is 512 g/mol. The maximum Gasteiger partial charge on any atom is 0.353 e. The van der Waals surface area contributed by atoms with Gasteiger partial charge in [-0.05, 0) is 40.4 Å². The average molecular weight is 552 g/mol. The van der Waals surface area contributed by atoms with E-state index < -0.39 is 51.7 Å². The van der Waals surface area contributed by atoms with Crippen molar-refractivity contribution >= 4 is 15.9 Å². The van der Waals surface area contributed by atoms with E-state index in [-0.39, 0.29) is 18.7 Å². The zero-order valence-corrected chi connectivity index (χ0v) is 23.9. The van der Waals surface area contributed by atoms with Crippen molar-refractivity contribution in [2.75, 3.05) is 41.2 Å². The normalized spacial score (nSPS) is 24.0. The summed E-state index contributed by atoms with van der Waals surface area (Å²) in [6.45, 7) is 10.9. The zero-order valence-electron chi connectivity index (χ0n) is 22.2. The fourth-order valence-electron chi connectivity index (χ4n) is 4.10. The smallest absolute Gasteiger partial charge is 0.353 e. The third-order valence-corrected chi connectivity index (χ3v) is 9.25. The lowest BCUT2D eigenvalue weighted by Gasteiger charge is -2.37. The van der Waals surface area contributed by atoms with E-state index in [0.29, 0.717) is 6.61 Å². The molecule has 1 unspecified atom stereocenters. The number of aromatic amines is 1. The summed E-state index contributed by atoms with van der Waals surface area (Å²) in [5.74, 6) is 1.30. The third kappa shape index (κ3) is 7.90. The molecule has 0 amide bonds. The van der Waals surface area contributed by atoms with Gasteiger partial charge in [-0.15, -0.1) is 0 Å². The van der Waals surface area contributed by atoms with Crippen molar-refractivity contribution < 1.29 is 32.3 Å². The highest BCUT2D eigenvalue weighted by atomic mass is 31.2. The molecule has 1 aromatic rings. The number of aromatic nitrogens is 2. The van der Waals surface area contributed by atoms with Crippen LogP contribution < -0.4 is 11.2 Å². The fourth-order valence-corrected chi connectivity index (χ4v) is 6.87. The zero-order chi connectivity index (χ0) is 27.0. The highest BCUT2D eigenvalue weighted by Crippen LogP contribution is 2.50. The summed E-state index contributed by atoms with van der Waals surface area (Å²) in [6.07, 6.45) is -0.272.